The quantitative estimate of drug-likeness (QED) is 0.614. The van der Waals surface area contributed by atoms with Crippen molar-refractivity contribution in [1.29, 1.82) is 0 Å². The third-order valence-corrected chi connectivity index (χ3v) is 2.46. The minimum atomic E-state index is -4.63. The van der Waals surface area contributed by atoms with Gasteiger partial charge in [-0.15, -0.1) is 0 Å². The van der Waals surface area contributed by atoms with Crippen LogP contribution in [0.25, 0.3) is 11.1 Å². The fourth-order valence-electron chi connectivity index (χ4n) is 1.62. The second-order valence-electron chi connectivity index (χ2n) is 3.76. The number of carbonyl (C=O) groups is 1. The summed E-state index contributed by atoms with van der Waals surface area (Å²) in [7, 11) is 0. The van der Waals surface area contributed by atoms with E-state index in [9.17, 15) is 22.4 Å². The summed E-state index contributed by atoms with van der Waals surface area (Å²) >= 11 is 0. The minimum Gasteiger partial charge on any atom is -0.296 e. The van der Waals surface area contributed by atoms with E-state index < -0.39 is 17.7 Å². The minimum absolute atomic E-state index is 0.155. The molecular formula is C13H7F4NO. The molecule has 19 heavy (non-hydrogen) atoms. The third kappa shape index (κ3) is 2.78. The van der Waals surface area contributed by atoms with Crippen LogP contribution < -0.4 is 0 Å². The standard InChI is InChI=1S/C13H7F4NO/c14-9-3-1-2-8(6-9)10-4-5-12(13(15,16)17)18-11(10)7-19/h1-7H. The van der Waals surface area contributed by atoms with Gasteiger partial charge in [0, 0.05) is 5.56 Å². The highest BCUT2D eigenvalue weighted by molar-refractivity contribution is 5.85. The Morgan fingerprint density at radius 1 is 1.11 bits per heavy atom. The van der Waals surface area contributed by atoms with Gasteiger partial charge < -0.3 is 0 Å². The molecule has 2 nitrogen and oxygen atoms in total. The molecule has 0 spiro atoms. The highest BCUT2D eigenvalue weighted by atomic mass is 19.4. The molecule has 0 saturated heterocycles. The van der Waals surface area contributed by atoms with Gasteiger partial charge in [-0.05, 0) is 29.8 Å². The van der Waals surface area contributed by atoms with Gasteiger partial charge in [-0.2, -0.15) is 13.2 Å². The van der Waals surface area contributed by atoms with Crippen LogP contribution in [0.5, 0.6) is 0 Å². The lowest BCUT2D eigenvalue weighted by molar-refractivity contribution is -0.141. The molecule has 0 saturated carbocycles. The number of aromatic nitrogens is 1. The molecule has 0 aliphatic heterocycles. The fourth-order valence-corrected chi connectivity index (χ4v) is 1.62. The summed E-state index contributed by atoms with van der Waals surface area (Å²) in [6, 6.07) is 7.07. The Bertz CT molecular complexity index is 622. The summed E-state index contributed by atoms with van der Waals surface area (Å²) in [6.45, 7) is 0. The lowest BCUT2D eigenvalue weighted by atomic mass is 10.0. The van der Waals surface area contributed by atoms with Crippen molar-refractivity contribution >= 4 is 6.29 Å². The SMILES string of the molecule is O=Cc1nc(C(F)(F)F)ccc1-c1cccc(F)c1. The molecule has 0 aliphatic carbocycles. The Hall–Kier alpha value is -2.24. The number of aldehydes is 1. The molecule has 0 N–H and O–H groups in total. The summed E-state index contributed by atoms with van der Waals surface area (Å²) < 4.78 is 50.5. The molecule has 1 aromatic heterocycles. The topological polar surface area (TPSA) is 30.0 Å². The molecule has 6 heteroatoms. The van der Waals surface area contributed by atoms with E-state index in [0.717, 1.165) is 18.2 Å². The molecule has 98 valence electrons. The largest absolute Gasteiger partial charge is 0.433 e. The maximum atomic E-state index is 13.1. The zero-order valence-electron chi connectivity index (χ0n) is 9.41. The molecule has 2 rings (SSSR count). The summed E-state index contributed by atoms with van der Waals surface area (Å²) in [6.07, 6.45) is -4.41. The zero-order chi connectivity index (χ0) is 14.0. The van der Waals surface area contributed by atoms with E-state index in [1.807, 2.05) is 0 Å². The number of carbonyl (C=O) groups excluding carboxylic acids is 1. The molecule has 1 heterocycles. The van der Waals surface area contributed by atoms with E-state index in [1.54, 1.807) is 0 Å². The molecule has 0 bridgehead atoms. The van der Waals surface area contributed by atoms with Gasteiger partial charge in [0.15, 0.2) is 6.29 Å². The molecule has 0 fully saturated rings. The van der Waals surface area contributed by atoms with E-state index in [0.29, 0.717) is 5.56 Å². The van der Waals surface area contributed by atoms with E-state index >= 15 is 0 Å². The number of hydrogen-bond donors (Lipinski definition) is 0. The fraction of sp³-hybridized carbons (Fsp3) is 0.0769. The van der Waals surface area contributed by atoms with Gasteiger partial charge in [0.05, 0.1) is 0 Å². The molecule has 0 aliphatic rings. The van der Waals surface area contributed by atoms with Gasteiger partial charge in [0.1, 0.15) is 17.2 Å². The normalized spacial score (nSPS) is 11.4. The van der Waals surface area contributed by atoms with E-state index in [4.69, 9.17) is 0 Å². The Morgan fingerprint density at radius 2 is 1.84 bits per heavy atom. The number of nitrogens with zero attached hydrogens (tertiary/aromatic N) is 1. The van der Waals surface area contributed by atoms with Crippen LogP contribution in [0.2, 0.25) is 0 Å². The van der Waals surface area contributed by atoms with Crippen LogP contribution in [0.15, 0.2) is 36.4 Å². The summed E-state index contributed by atoms with van der Waals surface area (Å²) in [4.78, 5) is 14.1. The number of halogens is 4. The lowest BCUT2D eigenvalue weighted by Crippen LogP contribution is -2.09. The Morgan fingerprint density at radius 3 is 2.42 bits per heavy atom. The lowest BCUT2D eigenvalue weighted by Gasteiger charge is -2.09. The van der Waals surface area contributed by atoms with Crippen LogP contribution in [0.4, 0.5) is 17.6 Å². The number of hydrogen-bond acceptors (Lipinski definition) is 2. The first-order valence-electron chi connectivity index (χ1n) is 5.21. The number of rotatable bonds is 2. The Balaban J connectivity index is 2.56. The molecule has 0 radical (unpaired) electrons. The highest BCUT2D eigenvalue weighted by Crippen LogP contribution is 2.30. The number of pyridine rings is 1. The van der Waals surface area contributed by atoms with Crippen LogP contribution in [-0.2, 0) is 6.18 Å². The molecule has 0 atom stereocenters. The van der Waals surface area contributed by atoms with E-state index in [2.05, 4.69) is 4.98 Å². The summed E-state index contributed by atoms with van der Waals surface area (Å²) in [5.74, 6) is -0.547. The zero-order valence-corrected chi connectivity index (χ0v) is 9.41. The van der Waals surface area contributed by atoms with E-state index in [-0.39, 0.29) is 17.5 Å². The van der Waals surface area contributed by atoms with Crippen LogP contribution in [0, 0.1) is 5.82 Å². The average Bonchev–Trinajstić information content (AvgIpc) is 2.37. The van der Waals surface area contributed by atoms with Gasteiger partial charge in [-0.3, -0.25) is 4.79 Å². The van der Waals surface area contributed by atoms with Gasteiger partial charge in [0.25, 0.3) is 0 Å². The van der Waals surface area contributed by atoms with Crippen molar-refractivity contribution < 1.29 is 22.4 Å². The first-order valence-corrected chi connectivity index (χ1v) is 5.21. The van der Waals surface area contributed by atoms with Crippen LogP contribution in [0.1, 0.15) is 16.2 Å². The predicted octanol–water partition coefficient (Wildman–Crippen LogP) is 3.72. The van der Waals surface area contributed by atoms with Crippen molar-refractivity contribution in [3.05, 3.63) is 53.6 Å². The molecular weight excluding hydrogens is 262 g/mol. The molecule has 0 unspecified atom stereocenters. The highest BCUT2D eigenvalue weighted by Gasteiger charge is 2.33. The van der Waals surface area contributed by atoms with Crippen molar-refractivity contribution in [2.75, 3.05) is 0 Å². The first kappa shape index (κ1) is 13.2. The number of benzene rings is 1. The van der Waals surface area contributed by atoms with E-state index in [1.165, 1.54) is 18.2 Å². The Labute approximate surface area is 105 Å². The predicted molar refractivity (Wildman–Crippen MR) is 60.0 cm³/mol. The van der Waals surface area contributed by atoms with Crippen molar-refractivity contribution in [3.8, 4) is 11.1 Å². The van der Waals surface area contributed by atoms with Gasteiger partial charge >= 0.3 is 6.18 Å². The van der Waals surface area contributed by atoms with Crippen molar-refractivity contribution in [2.45, 2.75) is 6.18 Å². The van der Waals surface area contributed by atoms with Crippen molar-refractivity contribution in [2.24, 2.45) is 0 Å². The van der Waals surface area contributed by atoms with Crippen molar-refractivity contribution in [3.63, 3.8) is 0 Å². The van der Waals surface area contributed by atoms with Crippen molar-refractivity contribution in [1.82, 2.24) is 4.98 Å². The smallest absolute Gasteiger partial charge is 0.296 e. The maximum Gasteiger partial charge on any atom is 0.433 e. The third-order valence-electron chi connectivity index (χ3n) is 2.46. The Kier molecular flexibility index (Phi) is 3.33. The van der Waals surface area contributed by atoms with Crippen LogP contribution in [0.3, 0.4) is 0 Å². The summed E-state index contributed by atoms with van der Waals surface area (Å²) in [5.41, 5.74) is -1.08. The first-order chi connectivity index (χ1) is 8.91. The second-order valence-corrected chi connectivity index (χ2v) is 3.76. The maximum absolute atomic E-state index is 13.1. The molecule has 1 aromatic carbocycles. The van der Waals surface area contributed by atoms with Gasteiger partial charge in [0.2, 0.25) is 0 Å². The van der Waals surface area contributed by atoms with Crippen LogP contribution in [-0.4, -0.2) is 11.3 Å². The monoisotopic (exact) mass is 269 g/mol. The summed E-state index contributed by atoms with van der Waals surface area (Å²) in [5, 5.41) is 0. The average molecular weight is 269 g/mol. The molecule has 2 aromatic rings. The number of alkyl halides is 3. The van der Waals surface area contributed by atoms with Gasteiger partial charge in [-0.1, -0.05) is 12.1 Å². The molecule has 0 amide bonds. The van der Waals surface area contributed by atoms with Gasteiger partial charge in [-0.25, -0.2) is 9.37 Å². The second kappa shape index (κ2) is 4.79. The van der Waals surface area contributed by atoms with Crippen LogP contribution >= 0.6 is 0 Å².